The number of nitrogens with one attached hydrogen (secondary N) is 3. The zero-order valence-corrected chi connectivity index (χ0v) is 16.7. The molecule has 0 aliphatic carbocycles. The largest absolute Gasteiger partial charge is 0.481 e. The maximum atomic E-state index is 12.4. The standard InChI is InChI=1S/C15H24N4O10S/c1-5(20)11(19-12(25)6(16)2-9(21)22)14(27)18-8(4-30)13(26)17-7(15(28)29)3-10(23)24/h5-8,11,20,30H,2-4,16H2,1H3,(H,17,26)(H,18,27)(H,19,25)(H,21,22)(H,23,24)(H,28,29). The molecule has 15 heteroatoms. The Labute approximate surface area is 175 Å². The van der Waals surface area contributed by atoms with E-state index in [4.69, 9.17) is 21.1 Å². The van der Waals surface area contributed by atoms with Gasteiger partial charge in [0.1, 0.15) is 18.1 Å². The monoisotopic (exact) mass is 452 g/mol. The normalized spacial score (nSPS) is 15.6. The predicted molar refractivity (Wildman–Crippen MR) is 101 cm³/mol. The Morgan fingerprint density at radius 2 is 1.33 bits per heavy atom. The number of carboxylic acid groups (broad SMARTS) is 3. The van der Waals surface area contributed by atoms with Gasteiger partial charge in [-0.1, -0.05) is 0 Å². The highest BCUT2D eigenvalue weighted by atomic mass is 32.1. The minimum Gasteiger partial charge on any atom is -0.481 e. The van der Waals surface area contributed by atoms with Crippen LogP contribution in [-0.4, -0.2) is 92.1 Å². The first-order valence-electron chi connectivity index (χ1n) is 8.42. The quantitative estimate of drug-likeness (QED) is 0.122. The van der Waals surface area contributed by atoms with Crippen molar-refractivity contribution < 1.29 is 49.2 Å². The Bertz CT molecular complexity index is 686. The number of carbonyl (C=O) groups is 6. The van der Waals surface area contributed by atoms with Crippen molar-refractivity contribution in [3.8, 4) is 0 Å². The van der Waals surface area contributed by atoms with Crippen molar-refractivity contribution >= 4 is 48.3 Å². The molecule has 5 unspecified atom stereocenters. The van der Waals surface area contributed by atoms with E-state index in [-0.39, 0.29) is 5.75 Å². The van der Waals surface area contributed by atoms with E-state index < -0.39 is 78.7 Å². The number of rotatable bonds is 13. The summed E-state index contributed by atoms with van der Waals surface area (Å²) < 4.78 is 0. The summed E-state index contributed by atoms with van der Waals surface area (Å²) >= 11 is 3.86. The van der Waals surface area contributed by atoms with Gasteiger partial charge in [0.25, 0.3) is 0 Å². The maximum Gasteiger partial charge on any atom is 0.326 e. The first-order chi connectivity index (χ1) is 13.8. The van der Waals surface area contributed by atoms with E-state index in [1.807, 2.05) is 5.32 Å². The Hall–Kier alpha value is -2.91. The van der Waals surface area contributed by atoms with Gasteiger partial charge in [-0.05, 0) is 6.92 Å². The molecule has 0 aromatic carbocycles. The number of amides is 3. The molecule has 0 saturated heterocycles. The first-order valence-corrected chi connectivity index (χ1v) is 9.05. The third-order valence-electron chi connectivity index (χ3n) is 3.60. The highest BCUT2D eigenvalue weighted by Gasteiger charge is 2.32. The van der Waals surface area contributed by atoms with Crippen LogP contribution in [0.4, 0.5) is 0 Å². The van der Waals surface area contributed by atoms with Crippen molar-refractivity contribution in [3.63, 3.8) is 0 Å². The minimum absolute atomic E-state index is 0.337. The number of carboxylic acids is 3. The number of hydrogen-bond donors (Lipinski definition) is 9. The van der Waals surface area contributed by atoms with Crippen molar-refractivity contribution in [2.24, 2.45) is 5.73 Å². The van der Waals surface area contributed by atoms with Gasteiger partial charge >= 0.3 is 17.9 Å². The van der Waals surface area contributed by atoms with E-state index in [0.717, 1.165) is 6.92 Å². The van der Waals surface area contributed by atoms with Crippen molar-refractivity contribution in [3.05, 3.63) is 0 Å². The number of aliphatic hydroxyl groups excluding tert-OH is 1. The fourth-order valence-corrected chi connectivity index (χ4v) is 2.31. The van der Waals surface area contributed by atoms with E-state index in [1.54, 1.807) is 0 Å². The molecule has 3 amide bonds. The minimum atomic E-state index is -1.77. The lowest BCUT2D eigenvalue weighted by Gasteiger charge is -2.25. The lowest BCUT2D eigenvalue weighted by molar-refractivity contribution is -0.147. The third kappa shape index (κ3) is 9.53. The number of hydrogen-bond acceptors (Lipinski definition) is 9. The van der Waals surface area contributed by atoms with E-state index in [0.29, 0.717) is 0 Å². The second-order valence-electron chi connectivity index (χ2n) is 6.17. The van der Waals surface area contributed by atoms with Gasteiger partial charge in [0.15, 0.2) is 0 Å². The van der Waals surface area contributed by atoms with Gasteiger partial charge in [-0.25, -0.2) is 4.79 Å². The van der Waals surface area contributed by atoms with Crippen LogP contribution in [0.1, 0.15) is 19.8 Å². The molecule has 0 aliphatic heterocycles. The molecule has 0 radical (unpaired) electrons. The lowest BCUT2D eigenvalue weighted by atomic mass is 10.1. The van der Waals surface area contributed by atoms with Crippen molar-refractivity contribution in [2.45, 2.75) is 50.0 Å². The SMILES string of the molecule is CC(O)C(NC(=O)C(N)CC(=O)O)C(=O)NC(CS)C(=O)NC(CC(=O)O)C(=O)O. The van der Waals surface area contributed by atoms with Gasteiger partial charge < -0.3 is 42.1 Å². The third-order valence-corrected chi connectivity index (χ3v) is 3.97. The van der Waals surface area contributed by atoms with Crippen molar-refractivity contribution in [1.82, 2.24) is 16.0 Å². The van der Waals surface area contributed by atoms with E-state index in [2.05, 4.69) is 23.3 Å². The molecule has 0 fully saturated rings. The van der Waals surface area contributed by atoms with Crippen molar-refractivity contribution in [2.75, 3.05) is 5.75 Å². The molecule has 0 aliphatic rings. The Morgan fingerprint density at radius 1 is 0.833 bits per heavy atom. The number of nitrogens with two attached hydrogens (primary N) is 1. The highest BCUT2D eigenvalue weighted by Crippen LogP contribution is 2.01. The summed E-state index contributed by atoms with van der Waals surface area (Å²) in [5.74, 6) is -7.98. The molecular formula is C15H24N4O10S. The summed E-state index contributed by atoms with van der Waals surface area (Å²) in [4.78, 5) is 68.8. The number of aliphatic hydroxyl groups is 1. The summed E-state index contributed by atoms with van der Waals surface area (Å²) in [7, 11) is 0. The van der Waals surface area contributed by atoms with Crippen LogP contribution in [0.15, 0.2) is 0 Å². The number of aliphatic carboxylic acids is 3. The summed E-state index contributed by atoms with van der Waals surface area (Å²) in [6.45, 7) is 1.14. The van der Waals surface area contributed by atoms with Gasteiger partial charge in [-0.2, -0.15) is 12.6 Å². The molecule has 0 aromatic rings. The summed E-state index contributed by atoms with van der Waals surface area (Å²) in [6, 6.07) is -6.34. The number of thiol groups is 1. The molecule has 0 saturated carbocycles. The molecule has 9 N–H and O–H groups in total. The Kier molecular flexibility index (Phi) is 11.4. The van der Waals surface area contributed by atoms with Crippen LogP contribution in [0.25, 0.3) is 0 Å². The van der Waals surface area contributed by atoms with Gasteiger partial charge in [0.2, 0.25) is 17.7 Å². The molecule has 30 heavy (non-hydrogen) atoms. The molecule has 0 heterocycles. The molecule has 5 atom stereocenters. The Morgan fingerprint density at radius 3 is 1.73 bits per heavy atom. The molecular weight excluding hydrogens is 428 g/mol. The van der Waals surface area contributed by atoms with Gasteiger partial charge in [-0.15, -0.1) is 0 Å². The van der Waals surface area contributed by atoms with E-state index in [1.165, 1.54) is 0 Å². The summed E-state index contributed by atoms with van der Waals surface area (Å²) in [5, 5.41) is 42.2. The zero-order valence-electron chi connectivity index (χ0n) is 15.8. The second kappa shape index (κ2) is 12.6. The lowest BCUT2D eigenvalue weighted by Crippen LogP contribution is -2.60. The Balaban J connectivity index is 5.19. The molecule has 14 nitrogen and oxygen atoms in total. The fourth-order valence-electron chi connectivity index (χ4n) is 2.05. The highest BCUT2D eigenvalue weighted by molar-refractivity contribution is 7.80. The topological polar surface area (TPSA) is 245 Å². The van der Waals surface area contributed by atoms with Crippen LogP contribution in [0.2, 0.25) is 0 Å². The average Bonchev–Trinajstić information content (AvgIpc) is 2.61. The maximum absolute atomic E-state index is 12.4. The van der Waals surface area contributed by atoms with Crippen LogP contribution in [0.3, 0.4) is 0 Å². The van der Waals surface area contributed by atoms with Gasteiger partial charge in [0.05, 0.1) is 25.0 Å². The second-order valence-corrected chi connectivity index (χ2v) is 6.54. The smallest absolute Gasteiger partial charge is 0.326 e. The molecule has 170 valence electrons. The van der Waals surface area contributed by atoms with E-state index >= 15 is 0 Å². The summed E-state index contributed by atoms with van der Waals surface area (Å²) in [5.41, 5.74) is 5.38. The fraction of sp³-hybridized carbons (Fsp3) is 0.600. The zero-order chi connectivity index (χ0) is 23.6. The molecule has 0 bridgehead atoms. The first kappa shape index (κ1) is 27.1. The van der Waals surface area contributed by atoms with Crippen LogP contribution in [0, 0.1) is 0 Å². The van der Waals surface area contributed by atoms with Gasteiger partial charge in [-0.3, -0.25) is 24.0 Å². The van der Waals surface area contributed by atoms with Crippen molar-refractivity contribution in [1.29, 1.82) is 0 Å². The number of carbonyl (C=O) groups excluding carboxylic acids is 3. The van der Waals surface area contributed by atoms with Gasteiger partial charge in [0, 0.05) is 5.75 Å². The van der Waals surface area contributed by atoms with Crippen LogP contribution in [-0.2, 0) is 28.8 Å². The molecule has 0 aromatic heterocycles. The molecule has 0 rings (SSSR count). The average molecular weight is 452 g/mol. The van der Waals surface area contributed by atoms with Crippen LogP contribution in [0.5, 0.6) is 0 Å². The predicted octanol–water partition coefficient (Wildman–Crippen LogP) is -3.89. The van der Waals surface area contributed by atoms with Crippen LogP contribution < -0.4 is 21.7 Å². The molecule has 0 spiro atoms. The van der Waals surface area contributed by atoms with E-state index in [9.17, 15) is 33.9 Å². The summed E-state index contributed by atoms with van der Waals surface area (Å²) in [6.07, 6.45) is -3.13. The van der Waals surface area contributed by atoms with Crippen LogP contribution >= 0.6 is 12.6 Å².